The number of aryl methyl sites for hydroxylation is 2. The Hall–Kier alpha value is -3.48. The molecule has 0 fully saturated rings. The number of nitrogens with zero attached hydrogens (tertiary/aromatic N) is 3. The van der Waals surface area contributed by atoms with Crippen LogP contribution in [0.25, 0.3) is 0 Å². The first-order valence-corrected chi connectivity index (χ1v) is 8.50. The topological polar surface area (TPSA) is 90.1 Å². The van der Waals surface area contributed by atoms with E-state index in [1.54, 1.807) is 0 Å². The minimum Gasteiger partial charge on any atom is -0.319 e. The van der Waals surface area contributed by atoms with E-state index in [-0.39, 0.29) is 11.6 Å². The van der Waals surface area contributed by atoms with Crippen LogP contribution in [0.1, 0.15) is 32.9 Å². The van der Waals surface area contributed by atoms with Crippen LogP contribution < -0.4 is 5.32 Å². The van der Waals surface area contributed by atoms with Crippen LogP contribution in [0.4, 0.5) is 11.4 Å². The summed E-state index contributed by atoms with van der Waals surface area (Å²) in [5, 5.41) is 18.1. The molecule has 138 valence electrons. The first-order chi connectivity index (χ1) is 12.8. The van der Waals surface area contributed by atoms with E-state index in [0.29, 0.717) is 17.8 Å². The van der Waals surface area contributed by atoms with E-state index in [1.165, 1.54) is 29.8 Å². The number of nitrogens with one attached hydrogen (secondary N) is 1. The van der Waals surface area contributed by atoms with Crippen LogP contribution in [0.2, 0.25) is 0 Å². The van der Waals surface area contributed by atoms with Gasteiger partial charge in [-0.05, 0) is 38.5 Å². The molecule has 1 N–H and O–H groups in total. The van der Waals surface area contributed by atoms with Crippen molar-refractivity contribution in [1.82, 2.24) is 9.78 Å². The van der Waals surface area contributed by atoms with Crippen LogP contribution in [0.5, 0.6) is 0 Å². The SMILES string of the molecule is Cc1cccc(Cn2nc(C)c(NC(=O)c3ccc([N+](=O)[O-])cc3)c2C)c1. The molecule has 27 heavy (non-hydrogen) atoms. The number of nitro groups is 1. The van der Waals surface area contributed by atoms with E-state index < -0.39 is 4.92 Å². The standard InChI is InChI=1S/C20H20N4O3/c1-13-5-4-6-16(11-13)12-23-15(3)19(14(2)22-23)21-20(25)17-7-9-18(10-8-17)24(26)27/h4-11H,12H2,1-3H3,(H,21,25). The molecule has 0 saturated carbocycles. The van der Waals surface area contributed by atoms with Gasteiger partial charge in [0.2, 0.25) is 0 Å². The average Bonchev–Trinajstić information content (AvgIpc) is 2.89. The summed E-state index contributed by atoms with van der Waals surface area (Å²) in [6.45, 7) is 6.40. The van der Waals surface area contributed by atoms with Gasteiger partial charge < -0.3 is 5.32 Å². The molecule has 0 bridgehead atoms. The van der Waals surface area contributed by atoms with Crippen molar-refractivity contribution in [3.63, 3.8) is 0 Å². The van der Waals surface area contributed by atoms with Crippen LogP contribution in [-0.4, -0.2) is 20.6 Å². The largest absolute Gasteiger partial charge is 0.319 e. The minimum absolute atomic E-state index is 0.0510. The first kappa shape index (κ1) is 18.3. The summed E-state index contributed by atoms with van der Waals surface area (Å²) in [5.74, 6) is -0.328. The molecule has 7 heteroatoms. The second kappa shape index (κ2) is 7.41. The Labute approximate surface area is 156 Å². The molecule has 0 aliphatic heterocycles. The summed E-state index contributed by atoms with van der Waals surface area (Å²) in [6.07, 6.45) is 0. The maximum absolute atomic E-state index is 12.5. The van der Waals surface area contributed by atoms with Crippen molar-refractivity contribution in [2.24, 2.45) is 0 Å². The van der Waals surface area contributed by atoms with Gasteiger partial charge in [0.1, 0.15) is 0 Å². The summed E-state index contributed by atoms with van der Waals surface area (Å²) in [7, 11) is 0. The molecule has 0 spiro atoms. The highest BCUT2D eigenvalue weighted by Gasteiger charge is 2.16. The lowest BCUT2D eigenvalue weighted by Crippen LogP contribution is -2.13. The minimum atomic E-state index is -0.495. The van der Waals surface area contributed by atoms with E-state index in [2.05, 4.69) is 16.5 Å². The molecule has 2 aromatic carbocycles. The Morgan fingerprint density at radius 3 is 2.48 bits per heavy atom. The number of hydrogen-bond acceptors (Lipinski definition) is 4. The third kappa shape index (κ3) is 4.03. The Morgan fingerprint density at radius 2 is 1.85 bits per heavy atom. The van der Waals surface area contributed by atoms with Crippen LogP contribution in [-0.2, 0) is 6.54 Å². The van der Waals surface area contributed by atoms with Gasteiger partial charge in [-0.3, -0.25) is 19.6 Å². The maximum Gasteiger partial charge on any atom is 0.269 e. The zero-order valence-electron chi connectivity index (χ0n) is 15.4. The van der Waals surface area contributed by atoms with Crippen molar-refractivity contribution < 1.29 is 9.72 Å². The summed E-state index contributed by atoms with van der Waals surface area (Å²) in [5.41, 5.74) is 4.84. The van der Waals surface area contributed by atoms with Crippen molar-refractivity contribution in [3.8, 4) is 0 Å². The van der Waals surface area contributed by atoms with Gasteiger partial charge in [0.15, 0.2) is 0 Å². The summed E-state index contributed by atoms with van der Waals surface area (Å²) < 4.78 is 1.86. The molecule has 0 unspecified atom stereocenters. The predicted octanol–water partition coefficient (Wildman–Crippen LogP) is 4.02. The number of non-ortho nitro benzene ring substituents is 1. The number of benzene rings is 2. The van der Waals surface area contributed by atoms with Gasteiger partial charge in [0, 0.05) is 17.7 Å². The van der Waals surface area contributed by atoms with Crippen molar-refractivity contribution in [3.05, 3.63) is 86.7 Å². The lowest BCUT2D eigenvalue weighted by molar-refractivity contribution is -0.384. The highest BCUT2D eigenvalue weighted by molar-refractivity contribution is 6.05. The number of aromatic nitrogens is 2. The number of hydrogen-bond donors (Lipinski definition) is 1. The molecule has 1 aromatic heterocycles. The van der Waals surface area contributed by atoms with Gasteiger partial charge in [0.05, 0.1) is 28.5 Å². The third-order valence-electron chi connectivity index (χ3n) is 4.38. The summed E-state index contributed by atoms with van der Waals surface area (Å²) >= 11 is 0. The Bertz CT molecular complexity index is 1010. The maximum atomic E-state index is 12.5. The summed E-state index contributed by atoms with van der Waals surface area (Å²) in [6, 6.07) is 13.7. The molecule has 0 saturated heterocycles. The molecular weight excluding hydrogens is 344 g/mol. The fourth-order valence-corrected chi connectivity index (χ4v) is 2.94. The zero-order chi connectivity index (χ0) is 19.6. The van der Waals surface area contributed by atoms with Gasteiger partial charge in [-0.1, -0.05) is 29.8 Å². The second-order valence-electron chi connectivity index (χ2n) is 6.45. The van der Waals surface area contributed by atoms with E-state index in [1.807, 2.05) is 43.7 Å². The van der Waals surface area contributed by atoms with Gasteiger partial charge in [-0.2, -0.15) is 5.10 Å². The van der Waals surface area contributed by atoms with E-state index in [4.69, 9.17) is 0 Å². The molecule has 0 radical (unpaired) electrons. The molecule has 0 atom stereocenters. The molecule has 7 nitrogen and oxygen atoms in total. The normalized spacial score (nSPS) is 10.6. The summed E-state index contributed by atoms with van der Waals surface area (Å²) in [4.78, 5) is 22.7. The Kier molecular flexibility index (Phi) is 5.03. The quantitative estimate of drug-likeness (QED) is 0.547. The molecule has 1 amide bonds. The van der Waals surface area contributed by atoms with E-state index >= 15 is 0 Å². The van der Waals surface area contributed by atoms with Crippen molar-refractivity contribution in [2.45, 2.75) is 27.3 Å². The molecule has 3 aromatic rings. The number of carbonyl (C=O) groups is 1. The lowest BCUT2D eigenvalue weighted by Gasteiger charge is -2.08. The van der Waals surface area contributed by atoms with Crippen molar-refractivity contribution in [2.75, 3.05) is 5.32 Å². The van der Waals surface area contributed by atoms with Crippen molar-refractivity contribution in [1.29, 1.82) is 0 Å². The molecule has 0 aliphatic carbocycles. The molecular formula is C20H20N4O3. The number of rotatable bonds is 5. The van der Waals surface area contributed by atoms with Crippen LogP contribution in [0.3, 0.4) is 0 Å². The van der Waals surface area contributed by atoms with E-state index in [0.717, 1.165) is 17.0 Å². The zero-order valence-corrected chi connectivity index (χ0v) is 15.4. The molecule has 3 rings (SSSR count). The van der Waals surface area contributed by atoms with Crippen LogP contribution in [0.15, 0.2) is 48.5 Å². The predicted molar refractivity (Wildman–Crippen MR) is 103 cm³/mol. The molecule has 1 heterocycles. The fraction of sp³-hybridized carbons (Fsp3) is 0.200. The number of amides is 1. The Morgan fingerprint density at radius 1 is 1.15 bits per heavy atom. The van der Waals surface area contributed by atoms with Gasteiger partial charge >= 0.3 is 0 Å². The van der Waals surface area contributed by atoms with E-state index in [9.17, 15) is 14.9 Å². The smallest absolute Gasteiger partial charge is 0.269 e. The van der Waals surface area contributed by atoms with Crippen LogP contribution in [0, 0.1) is 30.9 Å². The molecule has 0 aliphatic rings. The number of nitro benzene ring substituents is 1. The Balaban J connectivity index is 1.80. The monoisotopic (exact) mass is 364 g/mol. The fourth-order valence-electron chi connectivity index (χ4n) is 2.94. The van der Waals surface area contributed by atoms with Crippen LogP contribution >= 0.6 is 0 Å². The van der Waals surface area contributed by atoms with Gasteiger partial charge in [-0.15, -0.1) is 0 Å². The number of anilines is 1. The average molecular weight is 364 g/mol. The highest BCUT2D eigenvalue weighted by Crippen LogP contribution is 2.22. The number of carbonyl (C=O) groups excluding carboxylic acids is 1. The van der Waals surface area contributed by atoms with Gasteiger partial charge in [0.25, 0.3) is 11.6 Å². The van der Waals surface area contributed by atoms with Crippen molar-refractivity contribution >= 4 is 17.3 Å². The highest BCUT2D eigenvalue weighted by atomic mass is 16.6. The second-order valence-corrected chi connectivity index (χ2v) is 6.45. The third-order valence-corrected chi connectivity index (χ3v) is 4.38. The lowest BCUT2D eigenvalue weighted by atomic mass is 10.1. The van der Waals surface area contributed by atoms with Gasteiger partial charge in [-0.25, -0.2) is 0 Å². The first-order valence-electron chi connectivity index (χ1n) is 8.50.